The van der Waals surface area contributed by atoms with Crippen molar-refractivity contribution in [3.8, 4) is 0 Å². The summed E-state index contributed by atoms with van der Waals surface area (Å²) in [5.74, 6) is -3.12. The topological polar surface area (TPSA) is 66.4 Å². The minimum Gasteiger partial charge on any atom is -0.479 e. The van der Waals surface area contributed by atoms with E-state index < -0.39 is 23.6 Å². The largest absolute Gasteiger partial charge is 0.479 e. The van der Waals surface area contributed by atoms with Crippen molar-refractivity contribution in [2.75, 3.05) is 0 Å². The monoisotopic (exact) mass is 321 g/mol. The van der Waals surface area contributed by atoms with Crippen LogP contribution in [0.15, 0.2) is 5.38 Å². The van der Waals surface area contributed by atoms with E-state index in [1.54, 1.807) is 5.32 Å². The van der Waals surface area contributed by atoms with Crippen LogP contribution in [0.25, 0.3) is 0 Å². The predicted octanol–water partition coefficient (Wildman–Crippen LogP) is 2.76. The van der Waals surface area contributed by atoms with Gasteiger partial charge in [-0.2, -0.15) is 13.2 Å². The zero-order valence-electron chi connectivity index (χ0n) is 11.2. The Labute approximate surface area is 123 Å². The van der Waals surface area contributed by atoms with Crippen LogP contribution in [0.3, 0.4) is 0 Å². The van der Waals surface area contributed by atoms with Crippen LogP contribution in [0.4, 0.5) is 13.2 Å². The smallest absolute Gasteiger partial charge is 0.422 e. The van der Waals surface area contributed by atoms with Crippen molar-refractivity contribution in [1.82, 2.24) is 5.32 Å². The molecule has 2 rings (SSSR count). The van der Waals surface area contributed by atoms with Gasteiger partial charge in [-0.05, 0) is 38.2 Å². The van der Waals surface area contributed by atoms with Crippen molar-refractivity contribution in [2.45, 2.75) is 44.3 Å². The van der Waals surface area contributed by atoms with Crippen LogP contribution in [-0.4, -0.2) is 28.7 Å². The van der Waals surface area contributed by atoms with Gasteiger partial charge < -0.3 is 10.4 Å². The van der Waals surface area contributed by atoms with Crippen LogP contribution in [-0.2, 0) is 17.6 Å². The summed E-state index contributed by atoms with van der Waals surface area (Å²) in [5.41, 5.74) is -2.39. The van der Waals surface area contributed by atoms with Gasteiger partial charge in [0.15, 0.2) is 0 Å². The minimum atomic E-state index is -5.08. The second-order valence-electron chi connectivity index (χ2n) is 5.14. The van der Waals surface area contributed by atoms with E-state index in [2.05, 4.69) is 0 Å². The lowest BCUT2D eigenvalue weighted by atomic mass is 9.94. The molecule has 0 spiro atoms. The molecule has 0 bridgehead atoms. The quantitative estimate of drug-likeness (QED) is 0.899. The third kappa shape index (κ3) is 2.76. The molecule has 1 atom stereocenters. The fourth-order valence-electron chi connectivity index (χ4n) is 2.22. The number of halogens is 3. The molecular formula is C13H14F3NO3S. The maximum Gasteiger partial charge on any atom is 0.422 e. The molecule has 1 unspecified atom stereocenters. The normalized spacial score (nSPS) is 17.7. The molecule has 2 N–H and O–H groups in total. The highest BCUT2D eigenvalue weighted by Crippen LogP contribution is 2.33. The molecule has 1 heterocycles. The summed E-state index contributed by atoms with van der Waals surface area (Å²) in [7, 11) is 0. The summed E-state index contributed by atoms with van der Waals surface area (Å²) >= 11 is 1.33. The van der Waals surface area contributed by atoms with Gasteiger partial charge >= 0.3 is 12.1 Å². The number of carboxylic acid groups (broad SMARTS) is 1. The van der Waals surface area contributed by atoms with Gasteiger partial charge in [-0.15, -0.1) is 11.3 Å². The number of carbonyl (C=O) groups excluding carboxylic acids is 1. The van der Waals surface area contributed by atoms with Crippen LogP contribution < -0.4 is 5.32 Å². The van der Waals surface area contributed by atoms with Crippen molar-refractivity contribution in [1.29, 1.82) is 0 Å². The number of aliphatic carboxylic acids is 1. The maximum absolute atomic E-state index is 12.9. The Balaban J connectivity index is 2.29. The number of rotatable bonds is 3. The Morgan fingerprint density at radius 1 is 1.29 bits per heavy atom. The van der Waals surface area contributed by atoms with Gasteiger partial charge in [0, 0.05) is 10.3 Å². The molecule has 4 nitrogen and oxygen atoms in total. The Morgan fingerprint density at radius 3 is 2.48 bits per heavy atom. The van der Waals surface area contributed by atoms with Gasteiger partial charge in [0.05, 0.1) is 5.56 Å². The highest BCUT2D eigenvalue weighted by atomic mass is 32.1. The predicted molar refractivity (Wildman–Crippen MR) is 70.5 cm³/mol. The first-order chi connectivity index (χ1) is 9.67. The first kappa shape index (κ1) is 15.8. The third-order valence-corrected chi connectivity index (χ3v) is 4.75. The average molecular weight is 321 g/mol. The van der Waals surface area contributed by atoms with E-state index in [-0.39, 0.29) is 5.56 Å². The van der Waals surface area contributed by atoms with E-state index in [1.165, 1.54) is 16.7 Å². The number of carbonyl (C=O) groups is 2. The third-order valence-electron chi connectivity index (χ3n) is 3.66. The Morgan fingerprint density at radius 2 is 1.90 bits per heavy atom. The summed E-state index contributed by atoms with van der Waals surface area (Å²) in [6.07, 6.45) is -1.77. The summed E-state index contributed by atoms with van der Waals surface area (Å²) in [6.45, 7) is 0.450. The second-order valence-corrected chi connectivity index (χ2v) is 6.10. The number of fused-ring (bicyclic) bond motifs is 1. The number of nitrogens with one attached hydrogen (secondary N) is 1. The summed E-state index contributed by atoms with van der Waals surface area (Å²) in [4.78, 5) is 24.0. The van der Waals surface area contributed by atoms with Gasteiger partial charge in [-0.3, -0.25) is 4.79 Å². The van der Waals surface area contributed by atoms with Crippen LogP contribution in [0.5, 0.6) is 0 Å². The summed E-state index contributed by atoms with van der Waals surface area (Å²) in [5, 5.41) is 12.0. The molecule has 21 heavy (non-hydrogen) atoms. The van der Waals surface area contributed by atoms with Gasteiger partial charge in [-0.1, -0.05) is 0 Å². The molecule has 1 aliphatic carbocycles. The van der Waals surface area contributed by atoms with E-state index in [0.29, 0.717) is 13.3 Å². The Kier molecular flexibility index (Phi) is 4.01. The highest BCUT2D eigenvalue weighted by molar-refractivity contribution is 7.10. The number of hydrogen-bond acceptors (Lipinski definition) is 3. The zero-order valence-corrected chi connectivity index (χ0v) is 12.0. The molecule has 0 radical (unpaired) electrons. The first-order valence-corrected chi connectivity index (χ1v) is 7.26. The van der Waals surface area contributed by atoms with Crippen molar-refractivity contribution in [3.63, 3.8) is 0 Å². The minimum absolute atomic E-state index is 0.159. The number of amides is 1. The van der Waals surface area contributed by atoms with Gasteiger partial charge in [0.2, 0.25) is 5.54 Å². The fraction of sp³-hybridized carbons (Fsp3) is 0.538. The molecule has 1 amide bonds. The lowest BCUT2D eigenvalue weighted by Crippen LogP contribution is -2.61. The number of hydrogen-bond donors (Lipinski definition) is 2. The van der Waals surface area contributed by atoms with Crippen molar-refractivity contribution in [2.24, 2.45) is 0 Å². The molecule has 0 aliphatic heterocycles. The standard InChI is InChI=1S/C13H14F3NO3S/c1-12(11(19)20,13(14,15)16)17-10(18)8-6-21-9-5-3-2-4-7(8)9/h6H,2-5H2,1H3,(H,17,18)(H,19,20). The van der Waals surface area contributed by atoms with Gasteiger partial charge in [0.1, 0.15) is 0 Å². The molecule has 116 valence electrons. The average Bonchev–Trinajstić information content (AvgIpc) is 2.80. The first-order valence-electron chi connectivity index (χ1n) is 6.38. The molecule has 8 heteroatoms. The lowest BCUT2D eigenvalue weighted by molar-refractivity contribution is -0.203. The molecular weight excluding hydrogens is 307 g/mol. The van der Waals surface area contributed by atoms with Crippen molar-refractivity contribution >= 4 is 23.2 Å². The molecule has 1 aliphatic rings. The van der Waals surface area contributed by atoms with Gasteiger partial charge in [0.25, 0.3) is 5.91 Å². The van der Waals surface area contributed by atoms with Crippen molar-refractivity contribution in [3.05, 3.63) is 21.4 Å². The van der Waals surface area contributed by atoms with E-state index in [0.717, 1.165) is 29.7 Å². The molecule has 0 aromatic carbocycles. The number of aryl methyl sites for hydroxylation is 1. The maximum atomic E-state index is 12.9. The Hall–Kier alpha value is -1.57. The SMILES string of the molecule is CC(NC(=O)c1csc2c1CCCC2)(C(=O)O)C(F)(F)F. The second kappa shape index (κ2) is 5.32. The van der Waals surface area contributed by atoms with Crippen LogP contribution in [0.2, 0.25) is 0 Å². The summed E-state index contributed by atoms with van der Waals surface area (Å²) in [6, 6.07) is 0. The number of carboxylic acids is 1. The zero-order chi connectivity index (χ0) is 15.8. The van der Waals surface area contributed by atoms with Crippen LogP contribution >= 0.6 is 11.3 Å². The number of thiophene rings is 1. The fourth-order valence-corrected chi connectivity index (χ4v) is 3.35. The van der Waals surface area contributed by atoms with E-state index in [1.807, 2.05) is 0 Å². The molecule has 1 aromatic rings. The highest BCUT2D eigenvalue weighted by Gasteiger charge is 2.58. The molecule has 0 fully saturated rings. The molecule has 1 aromatic heterocycles. The van der Waals surface area contributed by atoms with Crippen LogP contribution in [0.1, 0.15) is 40.6 Å². The lowest BCUT2D eigenvalue weighted by Gasteiger charge is -2.28. The molecule has 0 saturated carbocycles. The van der Waals surface area contributed by atoms with E-state index >= 15 is 0 Å². The Bertz CT molecular complexity index is 582. The number of alkyl halides is 3. The van der Waals surface area contributed by atoms with E-state index in [9.17, 15) is 22.8 Å². The van der Waals surface area contributed by atoms with Crippen molar-refractivity contribution < 1.29 is 27.9 Å². The van der Waals surface area contributed by atoms with Gasteiger partial charge in [-0.25, -0.2) is 4.79 Å². The van der Waals surface area contributed by atoms with E-state index in [4.69, 9.17) is 5.11 Å². The molecule has 0 saturated heterocycles. The summed E-state index contributed by atoms with van der Waals surface area (Å²) < 4.78 is 38.7. The van der Waals surface area contributed by atoms with Crippen LogP contribution in [0, 0.1) is 0 Å².